The standard InChI is InChI=1S/C14H18BrN3O/c1-3-8-19-14-7-5-12(15)9-11(14)4-6-13-10-18(2)17-16-13/h5,7,9-10H,3-4,6,8H2,1-2H3. The van der Waals surface area contributed by atoms with Crippen LogP contribution in [0.2, 0.25) is 0 Å². The Hall–Kier alpha value is -1.36. The number of rotatable bonds is 6. The number of aryl methyl sites for hydroxylation is 3. The van der Waals surface area contributed by atoms with Gasteiger partial charge in [-0.1, -0.05) is 28.1 Å². The Labute approximate surface area is 121 Å². The molecule has 0 bridgehead atoms. The van der Waals surface area contributed by atoms with Crippen molar-refractivity contribution in [3.8, 4) is 5.75 Å². The van der Waals surface area contributed by atoms with Gasteiger partial charge in [-0.3, -0.25) is 4.68 Å². The van der Waals surface area contributed by atoms with Crippen molar-refractivity contribution < 1.29 is 4.74 Å². The third-order valence-corrected chi connectivity index (χ3v) is 3.28. The van der Waals surface area contributed by atoms with Gasteiger partial charge in [0.25, 0.3) is 0 Å². The van der Waals surface area contributed by atoms with Gasteiger partial charge in [0.05, 0.1) is 12.3 Å². The Morgan fingerprint density at radius 2 is 2.16 bits per heavy atom. The molecule has 0 spiro atoms. The Morgan fingerprint density at radius 3 is 2.84 bits per heavy atom. The van der Waals surface area contributed by atoms with Crippen LogP contribution in [0.5, 0.6) is 5.75 Å². The SMILES string of the molecule is CCCOc1ccc(Br)cc1CCc1cn(C)nn1. The fourth-order valence-electron chi connectivity index (χ4n) is 1.87. The van der Waals surface area contributed by atoms with E-state index in [9.17, 15) is 0 Å². The molecule has 102 valence electrons. The molecule has 0 aliphatic heterocycles. The minimum atomic E-state index is 0.750. The molecule has 0 unspecified atom stereocenters. The highest BCUT2D eigenvalue weighted by Gasteiger charge is 2.06. The van der Waals surface area contributed by atoms with Crippen LogP contribution in [-0.2, 0) is 19.9 Å². The maximum atomic E-state index is 5.77. The Bertz CT molecular complexity index is 539. The lowest BCUT2D eigenvalue weighted by Gasteiger charge is -2.10. The zero-order valence-corrected chi connectivity index (χ0v) is 12.9. The summed E-state index contributed by atoms with van der Waals surface area (Å²) < 4.78 is 8.57. The first-order valence-corrected chi connectivity index (χ1v) is 7.24. The molecule has 0 saturated carbocycles. The summed E-state index contributed by atoms with van der Waals surface area (Å²) in [6, 6.07) is 6.14. The van der Waals surface area contributed by atoms with Crippen LogP contribution in [0.4, 0.5) is 0 Å². The van der Waals surface area contributed by atoms with E-state index in [1.165, 1.54) is 5.56 Å². The average molecular weight is 324 g/mol. The number of ether oxygens (including phenoxy) is 1. The lowest BCUT2D eigenvalue weighted by molar-refractivity contribution is 0.314. The first kappa shape index (κ1) is 14.1. The first-order chi connectivity index (χ1) is 9.19. The minimum Gasteiger partial charge on any atom is -0.493 e. The van der Waals surface area contributed by atoms with Crippen molar-refractivity contribution in [2.45, 2.75) is 26.2 Å². The predicted molar refractivity (Wildman–Crippen MR) is 78.3 cm³/mol. The van der Waals surface area contributed by atoms with Crippen molar-refractivity contribution in [3.05, 3.63) is 40.1 Å². The molecule has 0 aliphatic carbocycles. The smallest absolute Gasteiger partial charge is 0.122 e. The van der Waals surface area contributed by atoms with Gasteiger partial charge in [0.15, 0.2) is 0 Å². The number of aromatic nitrogens is 3. The molecule has 19 heavy (non-hydrogen) atoms. The third kappa shape index (κ3) is 4.06. The Balaban J connectivity index is 2.06. The van der Waals surface area contributed by atoms with Gasteiger partial charge in [-0.15, -0.1) is 5.10 Å². The zero-order chi connectivity index (χ0) is 13.7. The van der Waals surface area contributed by atoms with Crippen molar-refractivity contribution in [1.29, 1.82) is 0 Å². The van der Waals surface area contributed by atoms with E-state index in [-0.39, 0.29) is 0 Å². The molecule has 5 heteroatoms. The lowest BCUT2D eigenvalue weighted by atomic mass is 10.1. The second-order valence-corrected chi connectivity index (χ2v) is 5.40. The van der Waals surface area contributed by atoms with Crippen LogP contribution in [0.25, 0.3) is 0 Å². The molecule has 0 aliphatic rings. The van der Waals surface area contributed by atoms with E-state index >= 15 is 0 Å². The van der Waals surface area contributed by atoms with Crippen molar-refractivity contribution in [1.82, 2.24) is 15.0 Å². The summed E-state index contributed by atoms with van der Waals surface area (Å²) in [6.07, 6.45) is 4.73. The highest BCUT2D eigenvalue weighted by atomic mass is 79.9. The molecule has 0 atom stereocenters. The van der Waals surface area contributed by atoms with E-state index in [0.29, 0.717) is 0 Å². The van der Waals surface area contributed by atoms with Gasteiger partial charge >= 0.3 is 0 Å². The normalized spacial score (nSPS) is 10.7. The van der Waals surface area contributed by atoms with Crippen LogP contribution < -0.4 is 4.74 Å². The van der Waals surface area contributed by atoms with Gasteiger partial charge < -0.3 is 4.74 Å². The van der Waals surface area contributed by atoms with Crippen LogP contribution in [0, 0.1) is 0 Å². The van der Waals surface area contributed by atoms with Gasteiger partial charge in [0, 0.05) is 17.7 Å². The number of nitrogens with zero attached hydrogens (tertiary/aromatic N) is 3. The van der Waals surface area contributed by atoms with Crippen LogP contribution in [0.1, 0.15) is 24.6 Å². The highest BCUT2D eigenvalue weighted by Crippen LogP contribution is 2.24. The van der Waals surface area contributed by atoms with E-state index in [0.717, 1.165) is 41.8 Å². The fraction of sp³-hybridized carbons (Fsp3) is 0.429. The minimum absolute atomic E-state index is 0.750. The average Bonchev–Trinajstić information content (AvgIpc) is 2.81. The second-order valence-electron chi connectivity index (χ2n) is 4.48. The van der Waals surface area contributed by atoms with E-state index in [2.05, 4.69) is 39.2 Å². The summed E-state index contributed by atoms with van der Waals surface area (Å²) in [7, 11) is 1.88. The molecule has 1 aromatic heterocycles. The number of hydrogen-bond acceptors (Lipinski definition) is 3. The van der Waals surface area contributed by atoms with Crippen molar-refractivity contribution in [3.63, 3.8) is 0 Å². The zero-order valence-electron chi connectivity index (χ0n) is 11.3. The van der Waals surface area contributed by atoms with Gasteiger partial charge in [-0.25, -0.2) is 0 Å². The summed E-state index contributed by atoms with van der Waals surface area (Å²) in [5, 5.41) is 8.05. The van der Waals surface area contributed by atoms with E-state index in [1.54, 1.807) is 4.68 Å². The molecule has 1 heterocycles. The molecular formula is C14H18BrN3O. The predicted octanol–water partition coefficient (Wildman–Crippen LogP) is 3.15. The maximum Gasteiger partial charge on any atom is 0.122 e. The number of halogens is 1. The Kier molecular flexibility index (Phi) is 4.96. The van der Waals surface area contributed by atoms with Crippen LogP contribution in [-0.4, -0.2) is 21.6 Å². The fourth-order valence-corrected chi connectivity index (χ4v) is 2.28. The second kappa shape index (κ2) is 6.70. The molecule has 0 radical (unpaired) electrons. The molecule has 0 amide bonds. The van der Waals surface area contributed by atoms with E-state index in [4.69, 9.17) is 4.74 Å². The van der Waals surface area contributed by atoms with Crippen LogP contribution in [0.15, 0.2) is 28.9 Å². The van der Waals surface area contributed by atoms with Gasteiger partial charge in [-0.05, 0) is 43.0 Å². The summed E-state index contributed by atoms with van der Waals surface area (Å²) >= 11 is 3.51. The summed E-state index contributed by atoms with van der Waals surface area (Å²) in [6.45, 7) is 2.86. The highest BCUT2D eigenvalue weighted by molar-refractivity contribution is 9.10. The first-order valence-electron chi connectivity index (χ1n) is 6.45. The molecule has 2 aromatic rings. The van der Waals surface area contributed by atoms with E-state index < -0.39 is 0 Å². The van der Waals surface area contributed by atoms with Crippen LogP contribution in [0.3, 0.4) is 0 Å². The van der Waals surface area contributed by atoms with Gasteiger partial charge in [0.1, 0.15) is 5.75 Å². The molecule has 0 saturated heterocycles. The number of hydrogen-bond donors (Lipinski definition) is 0. The van der Waals surface area contributed by atoms with Crippen molar-refractivity contribution in [2.75, 3.05) is 6.61 Å². The monoisotopic (exact) mass is 323 g/mol. The van der Waals surface area contributed by atoms with Gasteiger partial charge in [0.2, 0.25) is 0 Å². The molecule has 4 nitrogen and oxygen atoms in total. The third-order valence-electron chi connectivity index (χ3n) is 2.78. The lowest BCUT2D eigenvalue weighted by Crippen LogP contribution is -2.00. The summed E-state index contributed by atoms with van der Waals surface area (Å²) in [5.74, 6) is 0.967. The Morgan fingerprint density at radius 1 is 1.32 bits per heavy atom. The molecule has 1 aromatic carbocycles. The van der Waals surface area contributed by atoms with Gasteiger partial charge in [-0.2, -0.15) is 0 Å². The quantitative estimate of drug-likeness (QED) is 0.819. The van der Waals surface area contributed by atoms with Crippen molar-refractivity contribution in [2.24, 2.45) is 7.05 Å². The topological polar surface area (TPSA) is 39.9 Å². The van der Waals surface area contributed by atoms with Crippen molar-refractivity contribution >= 4 is 15.9 Å². The molecule has 0 N–H and O–H groups in total. The largest absolute Gasteiger partial charge is 0.493 e. The summed E-state index contributed by atoms with van der Waals surface area (Å²) in [5.41, 5.74) is 2.21. The maximum absolute atomic E-state index is 5.77. The summed E-state index contributed by atoms with van der Waals surface area (Å²) in [4.78, 5) is 0. The number of benzene rings is 1. The van der Waals surface area contributed by atoms with E-state index in [1.807, 2.05) is 25.4 Å². The molecular weight excluding hydrogens is 306 g/mol. The van der Waals surface area contributed by atoms with Crippen LogP contribution >= 0.6 is 15.9 Å². The molecule has 0 fully saturated rings. The molecule has 2 rings (SSSR count).